The average Bonchev–Trinajstić information content (AvgIpc) is 2.42. The number of aryl methyl sites for hydroxylation is 2. The van der Waals surface area contributed by atoms with E-state index in [1.807, 2.05) is 25.1 Å². The summed E-state index contributed by atoms with van der Waals surface area (Å²) in [5.41, 5.74) is 10.5. The van der Waals surface area contributed by atoms with E-state index >= 15 is 0 Å². The highest BCUT2D eigenvalue weighted by Crippen LogP contribution is 2.29. The van der Waals surface area contributed by atoms with E-state index in [2.05, 4.69) is 12.2 Å². The first-order valence-electron chi connectivity index (χ1n) is 6.51. The lowest BCUT2D eigenvalue weighted by Crippen LogP contribution is -2.04. The Labute approximate surface area is 118 Å². The van der Waals surface area contributed by atoms with Crippen molar-refractivity contribution in [1.29, 1.82) is 0 Å². The molecule has 0 aliphatic heterocycles. The Bertz CT molecular complexity index is 651. The summed E-state index contributed by atoms with van der Waals surface area (Å²) < 4.78 is 0. The van der Waals surface area contributed by atoms with Gasteiger partial charge >= 0.3 is 5.97 Å². The maximum Gasteiger partial charge on any atom is 0.335 e. The summed E-state index contributed by atoms with van der Waals surface area (Å²) in [5, 5.41) is 12.3. The fourth-order valence-electron chi connectivity index (χ4n) is 2.13. The summed E-state index contributed by atoms with van der Waals surface area (Å²) >= 11 is 0. The Balaban J connectivity index is 2.44. The highest BCUT2D eigenvalue weighted by atomic mass is 16.4. The van der Waals surface area contributed by atoms with E-state index < -0.39 is 5.97 Å². The van der Waals surface area contributed by atoms with Gasteiger partial charge in [-0.05, 0) is 42.7 Å². The van der Waals surface area contributed by atoms with Crippen LogP contribution in [0.4, 0.5) is 17.1 Å². The predicted molar refractivity (Wildman–Crippen MR) is 81.7 cm³/mol. The van der Waals surface area contributed by atoms with E-state index in [9.17, 15) is 4.79 Å². The second kappa shape index (κ2) is 5.65. The zero-order valence-corrected chi connectivity index (χ0v) is 11.6. The molecule has 0 saturated heterocycles. The Morgan fingerprint density at radius 3 is 2.70 bits per heavy atom. The van der Waals surface area contributed by atoms with Gasteiger partial charge in [-0.25, -0.2) is 4.79 Å². The molecule has 20 heavy (non-hydrogen) atoms. The van der Waals surface area contributed by atoms with Gasteiger partial charge in [0.05, 0.1) is 16.9 Å². The minimum atomic E-state index is -0.964. The summed E-state index contributed by atoms with van der Waals surface area (Å²) in [6.07, 6.45) is 0.891. The highest BCUT2D eigenvalue weighted by Gasteiger charge is 2.10. The summed E-state index contributed by atoms with van der Waals surface area (Å²) in [5.74, 6) is -0.964. The fraction of sp³-hybridized carbons (Fsp3) is 0.188. The molecular formula is C16H18N2O2. The summed E-state index contributed by atoms with van der Waals surface area (Å²) in [7, 11) is 0. The molecular weight excluding hydrogens is 252 g/mol. The maximum absolute atomic E-state index is 11.0. The quantitative estimate of drug-likeness (QED) is 0.742. The number of nitrogens with one attached hydrogen (secondary N) is 1. The molecule has 4 heteroatoms. The highest BCUT2D eigenvalue weighted by molar-refractivity contribution is 5.91. The molecule has 0 bridgehead atoms. The number of anilines is 3. The van der Waals surface area contributed by atoms with E-state index in [0.29, 0.717) is 11.4 Å². The zero-order chi connectivity index (χ0) is 14.7. The molecule has 2 aromatic carbocycles. The molecule has 0 saturated carbocycles. The third kappa shape index (κ3) is 2.74. The minimum absolute atomic E-state index is 0.216. The topological polar surface area (TPSA) is 75.3 Å². The van der Waals surface area contributed by atoms with E-state index in [4.69, 9.17) is 10.8 Å². The van der Waals surface area contributed by atoms with Crippen molar-refractivity contribution in [2.75, 3.05) is 11.1 Å². The Morgan fingerprint density at radius 1 is 1.30 bits per heavy atom. The monoisotopic (exact) mass is 270 g/mol. The first-order valence-corrected chi connectivity index (χ1v) is 6.51. The Kier molecular flexibility index (Phi) is 3.94. The van der Waals surface area contributed by atoms with Gasteiger partial charge in [-0.1, -0.05) is 25.1 Å². The summed E-state index contributed by atoms with van der Waals surface area (Å²) in [4.78, 5) is 11.0. The Morgan fingerprint density at radius 2 is 2.05 bits per heavy atom. The van der Waals surface area contributed by atoms with Gasteiger partial charge in [0.1, 0.15) is 0 Å². The number of nitrogen functional groups attached to an aromatic ring is 1. The Hall–Kier alpha value is -2.49. The third-order valence-corrected chi connectivity index (χ3v) is 3.30. The van der Waals surface area contributed by atoms with Gasteiger partial charge in [-0.2, -0.15) is 0 Å². The van der Waals surface area contributed by atoms with Gasteiger partial charge < -0.3 is 16.2 Å². The van der Waals surface area contributed by atoms with E-state index in [0.717, 1.165) is 17.7 Å². The van der Waals surface area contributed by atoms with Crippen molar-refractivity contribution in [1.82, 2.24) is 0 Å². The van der Waals surface area contributed by atoms with Crippen LogP contribution in [-0.2, 0) is 6.42 Å². The lowest BCUT2D eigenvalue weighted by molar-refractivity contribution is 0.0697. The molecule has 2 rings (SSSR count). The first kappa shape index (κ1) is 13.9. The number of carbonyl (C=O) groups is 1. The van der Waals surface area contributed by atoms with Crippen molar-refractivity contribution in [3.8, 4) is 0 Å². The van der Waals surface area contributed by atoms with Gasteiger partial charge in [0.25, 0.3) is 0 Å². The largest absolute Gasteiger partial charge is 0.478 e. The zero-order valence-electron chi connectivity index (χ0n) is 11.6. The van der Waals surface area contributed by atoms with Crippen LogP contribution in [-0.4, -0.2) is 11.1 Å². The van der Waals surface area contributed by atoms with E-state index in [1.54, 1.807) is 12.1 Å². The maximum atomic E-state index is 11.0. The van der Waals surface area contributed by atoms with Gasteiger partial charge in [-0.15, -0.1) is 0 Å². The summed E-state index contributed by atoms with van der Waals surface area (Å²) in [6, 6.07) is 10.7. The first-order chi connectivity index (χ1) is 9.52. The van der Waals surface area contributed by atoms with Crippen molar-refractivity contribution in [2.45, 2.75) is 20.3 Å². The van der Waals surface area contributed by atoms with Crippen molar-refractivity contribution >= 4 is 23.0 Å². The number of hydrogen-bond acceptors (Lipinski definition) is 3. The third-order valence-electron chi connectivity index (χ3n) is 3.30. The van der Waals surface area contributed by atoms with Gasteiger partial charge in [0.15, 0.2) is 0 Å². The second-order valence-electron chi connectivity index (χ2n) is 4.69. The predicted octanol–water partition coefficient (Wildman–Crippen LogP) is 3.58. The van der Waals surface area contributed by atoms with Crippen LogP contribution >= 0.6 is 0 Å². The van der Waals surface area contributed by atoms with Gasteiger partial charge in [0, 0.05) is 5.69 Å². The summed E-state index contributed by atoms with van der Waals surface area (Å²) in [6.45, 7) is 4.09. The van der Waals surface area contributed by atoms with Crippen LogP contribution in [0.25, 0.3) is 0 Å². The van der Waals surface area contributed by atoms with E-state index in [1.165, 1.54) is 11.6 Å². The fourth-order valence-corrected chi connectivity index (χ4v) is 2.13. The number of aromatic carboxylic acids is 1. The smallest absolute Gasteiger partial charge is 0.335 e. The number of hydrogen-bond donors (Lipinski definition) is 3. The molecule has 2 aromatic rings. The van der Waals surface area contributed by atoms with Gasteiger partial charge in [-0.3, -0.25) is 0 Å². The van der Waals surface area contributed by atoms with Crippen LogP contribution in [0, 0.1) is 6.92 Å². The average molecular weight is 270 g/mol. The lowest BCUT2D eigenvalue weighted by atomic mass is 10.0. The van der Waals surface area contributed by atoms with Crippen molar-refractivity contribution in [3.05, 3.63) is 53.1 Å². The van der Waals surface area contributed by atoms with Crippen LogP contribution in [0.15, 0.2) is 36.4 Å². The van der Waals surface area contributed by atoms with Crippen LogP contribution in [0.3, 0.4) is 0 Å². The molecule has 0 aliphatic carbocycles. The second-order valence-corrected chi connectivity index (χ2v) is 4.69. The number of carboxylic acid groups (broad SMARTS) is 1. The number of rotatable bonds is 4. The van der Waals surface area contributed by atoms with E-state index in [-0.39, 0.29) is 5.56 Å². The molecule has 0 fully saturated rings. The SMILES string of the molecule is CCc1cccc(C)c1Nc1cc(C(=O)O)ccc1N. The molecule has 0 radical (unpaired) electrons. The van der Waals surface area contributed by atoms with Crippen molar-refractivity contribution in [2.24, 2.45) is 0 Å². The van der Waals surface area contributed by atoms with Crippen LogP contribution in [0.5, 0.6) is 0 Å². The number of para-hydroxylation sites is 1. The van der Waals surface area contributed by atoms with Crippen LogP contribution in [0.1, 0.15) is 28.4 Å². The van der Waals surface area contributed by atoms with Crippen molar-refractivity contribution < 1.29 is 9.90 Å². The minimum Gasteiger partial charge on any atom is -0.478 e. The molecule has 104 valence electrons. The normalized spacial score (nSPS) is 10.3. The standard InChI is InChI=1S/C16H18N2O2/c1-3-11-6-4-5-10(2)15(11)18-14-9-12(16(19)20)7-8-13(14)17/h4-9,18H,3,17H2,1-2H3,(H,19,20). The number of carboxylic acids is 1. The molecule has 0 unspecified atom stereocenters. The number of nitrogens with two attached hydrogens (primary N) is 1. The van der Waals surface area contributed by atoms with Crippen molar-refractivity contribution in [3.63, 3.8) is 0 Å². The molecule has 4 N–H and O–H groups in total. The molecule has 0 spiro atoms. The molecule has 0 atom stereocenters. The molecule has 0 heterocycles. The van der Waals surface area contributed by atoms with Crippen LogP contribution in [0.2, 0.25) is 0 Å². The molecule has 0 amide bonds. The lowest BCUT2D eigenvalue weighted by Gasteiger charge is -2.16. The number of benzene rings is 2. The molecule has 4 nitrogen and oxygen atoms in total. The molecule has 0 aliphatic rings. The molecule has 0 aromatic heterocycles. The van der Waals surface area contributed by atoms with Crippen LogP contribution < -0.4 is 11.1 Å². The van der Waals surface area contributed by atoms with Gasteiger partial charge in [0.2, 0.25) is 0 Å².